The Kier molecular flexibility index (Phi) is 2.33. The van der Waals surface area contributed by atoms with Crippen molar-refractivity contribution in [2.75, 3.05) is 0 Å². The van der Waals surface area contributed by atoms with E-state index in [1.54, 1.807) is 13.0 Å². The molecule has 0 atom stereocenters. The largest absolute Gasteiger partial charge is 0.295 e. The number of Topliss-reactive ketones (excluding diaryl/α,β-unsaturated/α-hetero) is 1. The summed E-state index contributed by atoms with van der Waals surface area (Å²) in [7, 11) is 0. The van der Waals surface area contributed by atoms with Crippen LogP contribution in [-0.2, 0) is 4.79 Å². The maximum absolute atomic E-state index is 11.1. The molecule has 76 valence electrons. The molecule has 1 aromatic carbocycles. The minimum Gasteiger partial charge on any atom is -0.295 e. The van der Waals surface area contributed by atoms with E-state index in [0.717, 1.165) is 5.56 Å². The SMILES string of the molecule is CC(=O)C(C)=Cc1cccc2nonc12. The summed E-state index contributed by atoms with van der Waals surface area (Å²) < 4.78 is 4.63. The van der Waals surface area contributed by atoms with Crippen LogP contribution in [0.3, 0.4) is 0 Å². The van der Waals surface area contributed by atoms with Gasteiger partial charge in [-0.15, -0.1) is 0 Å². The molecule has 0 radical (unpaired) electrons. The Morgan fingerprint density at radius 1 is 1.33 bits per heavy atom. The topological polar surface area (TPSA) is 56.0 Å². The zero-order chi connectivity index (χ0) is 10.8. The minimum absolute atomic E-state index is 0.0449. The van der Waals surface area contributed by atoms with Gasteiger partial charge in [0.1, 0.15) is 11.0 Å². The molecule has 0 bridgehead atoms. The number of carbonyl (C=O) groups is 1. The van der Waals surface area contributed by atoms with Crippen molar-refractivity contribution in [2.45, 2.75) is 13.8 Å². The summed E-state index contributed by atoms with van der Waals surface area (Å²) in [6.07, 6.45) is 1.79. The predicted octanol–water partition coefficient (Wildman–Crippen LogP) is 2.22. The van der Waals surface area contributed by atoms with Crippen LogP contribution in [0.5, 0.6) is 0 Å². The molecule has 2 rings (SSSR count). The molecule has 0 unspecified atom stereocenters. The lowest BCUT2D eigenvalue weighted by molar-refractivity contribution is -0.113. The van der Waals surface area contributed by atoms with Gasteiger partial charge in [-0.05, 0) is 41.9 Å². The van der Waals surface area contributed by atoms with Gasteiger partial charge in [0.25, 0.3) is 0 Å². The van der Waals surface area contributed by atoms with Crippen molar-refractivity contribution < 1.29 is 9.42 Å². The number of carbonyl (C=O) groups excluding carboxylic acids is 1. The average molecular weight is 202 g/mol. The van der Waals surface area contributed by atoms with Crippen LogP contribution >= 0.6 is 0 Å². The maximum atomic E-state index is 11.1. The summed E-state index contributed by atoms with van der Waals surface area (Å²) >= 11 is 0. The molecular weight excluding hydrogens is 192 g/mol. The van der Waals surface area contributed by atoms with Gasteiger partial charge in [-0.2, -0.15) is 0 Å². The highest BCUT2D eigenvalue weighted by Crippen LogP contribution is 2.17. The second-order valence-corrected chi connectivity index (χ2v) is 3.36. The van der Waals surface area contributed by atoms with Crippen LogP contribution in [0.2, 0.25) is 0 Å². The molecule has 1 heterocycles. The Morgan fingerprint density at radius 2 is 2.13 bits per heavy atom. The van der Waals surface area contributed by atoms with Crippen molar-refractivity contribution in [1.29, 1.82) is 0 Å². The van der Waals surface area contributed by atoms with Crippen molar-refractivity contribution in [3.8, 4) is 0 Å². The summed E-state index contributed by atoms with van der Waals surface area (Å²) in [4.78, 5) is 11.1. The van der Waals surface area contributed by atoms with Gasteiger partial charge in [0, 0.05) is 5.56 Å². The standard InChI is InChI=1S/C11H10N2O2/c1-7(8(2)14)6-9-4-3-5-10-11(9)13-15-12-10/h3-6H,1-2H3. The molecular formula is C11H10N2O2. The molecule has 4 nitrogen and oxygen atoms in total. The number of benzene rings is 1. The molecule has 2 aromatic rings. The summed E-state index contributed by atoms with van der Waals surface area (Å²) in [6.45, 7) is 3.31. The van der Waals surface area contributed by atoms with Crippen molar-refractivity contribution in [1.82, 2.24) is 10.3 Å². The van der Waals surface area contributed by atoms with Crippen molar-refractivity contribution in [3.05, 3.63) is 29.3 Å². The second-order valence-electron chi connectivity index (χ2n) is 3.36. The second kappa shape index (κ2) is 3.65. The van der Waals surface area contributed by atoms with Crippen LogP contribution in [-0.4, -0.2) is 16.1 Å². The number of fused-ring (bicyclic) bond motifs is 1. The van der Waals surface area contributed by atoms with Gasteiger partial charge in [-0.25, -0.2) is 4.63 Å². The number of hydrogen-bond acceptors (Lipinski definition) is 4. The van der Waals surface area contributed by atoms with E-state index in [1.807, 2.05) is 18.2 Å². The molecule has 0 aliphatic rings. The van der Waals surface area contributed by atoms with Crippen LogP contribution in [0.1, 0.15) is 19.4 Å². The van der Waals surface area contributed by atoms with E-state index in [9.17, 15) is 4.79 Å². The van der Waals surface area contributed by atoms with Crippen LogP contribution in [0.25, 0.3) is 17.1 Å². The highest BCUT2D eigenvalue weighted by molar-refractivity contribution is 5.99. The highest BCUT2D eigenvalue weighted by Gasteiger charge is 2.05. The van der Waals surface area contributed by atoms with Gasteiger partial charge in [-0.1, -0.05) is 12.1 Å². The Bertz CT molecular complexity index is 540. The zero-order valence-electron chi connectivity index (χ0n) is 8.52. The van der Waals surface area contributed by atoms with Gasteiger partial charge in [0.2, 0.25) is 0 Å². The predicted molar refractivity (Wildman–Crippen MR) is 56.1 cm³/mol. The van der Waals surface area contributed by atoms with E-state index < -0.39 is 0 Å². The Balaban J connectivity index is 2.57. The third-order valence-corrected chi connectivity index (χ3v) is 2.24. The molecule has 0 saturated carbocycles. The van der Waals surface area contributed by atoms with E-state index in [1.165, 1.54) is 6.92 Å². The lowest BCUT2D eigenvalue weighted by Crippen LogP contribution is -1.91. The van der Waals surface area contributed by atoms with Crippen molar-refractivity contribution >= 4 is 22.9 Å². The number of allylic oxidation sites excluding steroid dienone is 1. The summed E-state index contributed by atoms with van der Waals surface area (Å²) in [6, 6.07) is 5.54. The molecule has 4 heteroatoms. The molecule has 0 aliphatic carbocycles. The summed E-state index contributed by atoms with van der Waals surface area (Å²) in [5.74, 6) is 0.0449. The lowest BCUT2D eigenvalue weighted by atomic mass is 10.1. The first-order valence-corrected chi connectivity index (χ1v) is 4.59. The fraction of sp³-hybridized carbons (Fsp3) is 0.182. The monoisotopic (exact) mass is 202 g/mol. The first kappa shape index (κ1) is 9.58. The first-order chi connectivity index (χ1) is 7.18. The Morgan fingerprint density at radius 3 is 2.87 bits per heavy atom. The lowest BCUT2D eigenvalue weighted by Gasteiger charge is -1.95. The Labute approximate surface area is 86.5 Å². The van der Waals surface area contributed by atoms with Crippen molar-refractivity contribution in [2.24, 2.45) is 0 Å². The molecule has 0 fully saturated rings. The number of rotatable bonds is 2. The van der Waals surface area contributed by atoms with E-state index in [0.29, 0.717) is 16.6 Å². The van der Waals surface area contributed by atoms with Crippen LogP contribution in [0.15, 0.2) is 28.4 Å². The van der Waals surface area contributed by atoms with Gasteiger partial charge < -0.3 is 0 Å². The Hall–Kier alpha value is -1.97. The van der Waals surface area contributed by atoms with E-state index in [2.05, 4.69) is 14.9 Å². The third kappa shape index (κ3) is 1.79. The quantitative estimate of drug-likeness (QED) is 0.700. The van der Waals surface area contributed by atoms with Gasteiger partial charge >= 0.3 is 0 Å². The van der Waals surface area contributed by atoms with Crippen LogP contribution in [0.4, 0.5) is 0 Å². The van der Waals surface area contributed by atoms with Gasteiger partial charge in [-0.3, -0.25) is 4.79 Å². The number of hydrogen-bond donors (Lipinski definition) is 0. The number of aromatic nitrogens is 2. The first-order valence-electron chi connectivity index (χ1n) is 4.59. The van der Waals surface area contributed by atoms with E-state index >= 15 is 0 Å². The van der Waals surface area contributed by atoms with Crippen LogP contribution < -0.4 is 0 Å². The third-order valence-electron chi connectivity index (χ3n) is 2.24. The molecule has 0 aliphatic heterocycles. The van der Waals surface area contributed by atoms with Gasteiger partial charge in [0.15, 0.2) is 5.78 Å². The smallest absolute Gasteiger partial charge is 0.155 e. The molecule has 0 amide bonds. The van der Waals surface area contributed by atoms with E-state index in [4.69, 9.17) is 0 Å². The van der Waals surface area contributed by atoms with Crippen molar-refractivity contribution in [3.63, 3.8) is 0 Å². The molecule has 0 N–H and O–H groups in total. The molecule has 0 spiro atoms. The summed E-state index contributed by atoms with van der Waals surface area (Å²) in [5, 5.41) is 7.52. The molecule has 0 saturated heterocycles. The van der Waals surface area contributed by atoms with Crippen LogP contribution in [0, 0.1) is 0 Å². The zero-order valence-corrected chi connectivity index (χ0v) is 8.52. The molecule has 1 aromatic heterocycles. The van der Waals surface area contributed by atoms with Gasteiger partial charge in [0.05, 0.1) is 0 Å². The maximum Gasteiger partial charge on any atom is 0.155 e. The highest BCUT2D eigenvalue weighted by atomic mass is 16.6. The molecule has 15 heavy (non-hydrogen) atoms. The number of nitrogens with zero attached hydrogens (tertiary/aromatic N) is 2. The van der Waals surface area contributed by atoms with E-state index in [-0.39, 0.29) is 5.78 Å². The number of ketones is 1. The average Bonchev–Trinajstić information content (AvgIpc) is 2.66. The fourth-order valence-corrected chi connectivity index (χ4v) is 1.28. The summed E-state index contributed by atoms with van der Waals surface area (Å²) in [5.41, 5.74) is 2.91. The normalized spacial score (nSPS) is 12.0. The fourth-order valence-electron chi connectivity index (χ4n) is 1.28. The minimum atomic E-state index is 0.0449.